The second-order valence-electron chi connectivity index (χ2n) is 14.6. The van der Waals surface area contributed by atoms with E-state index in [4.69, 9.17) is 4.74 Å². The van der Waals surface area contributed by atoms with E-state index in [9.17, 15) is 14.7 Å². The number of hydrogen-bond acceptors (Lipinski definition) is 4. The molecule has 3 fully saturated rings. The Hall–Kier alpha value is -2.40. The van der Waals surface area contributed by atoms with Crippen LogP contribution in [0, 0.1) is 40.4 Å². The van der Waals surface area contributed by atoms with Gasteiger partial charge in [-0.05, 0) is 117 Å². The summed E-state index contributed by atoms with van der Waals surface area (Å²) in [7, 11) is 1.35. The van der Waals surface area contributed by atoms with Gasteiger partial charge in [0.05, 0.1) is 13.2 Å². The van der Waals surface area contributed by atoms with Crippen molar-refractivity contribution in [3.63, 3.8) is 0 Å². The number of allylic oxidation sites excluding steroid dienone is 3. The van der Waals surface area contributed by atoms with Crippen LogP contribution in [-0.2, 0) is 14.3 Å². The highest BCUT2D eigenvalue weighted by Crippen LogP contribution is 2.66. The van der Waals surface area contributed by atoms with Crippen molar-refractivity contribution in [1.82, 2.24) is 5.32 Å². The molecule has 9 atom stereocenters. The van der Waals surface area contributed by atoms with Crippen LogP contribution in [-0.4, -0.2) is 30.2 Å². The molecule has 5 nitrogen and oxygen atoms in total. The molecule has 0 radical (unpaired) electrons. The Bertz CT molecular complexity index is 1220. The lowest BCUT2D eigenvalue weighted by Crippen LogP contribution is -2.51. The lowest BCUT2D eigenvalue weighted by molar-refractivity contribution is -0.144. The zero-order chi connectivity index (χ0) is 30.2. The van der Waals surface area contributed by atoms with Crippen LogP contribution in [0.2, 0.25) is 0 Å². The molecule has 1 aromatic carbocycles. The van der Waals surface area contributed by atoms with Crippen molar-refractivity contribution in [3.05, 3.63) is 58.7 Å². The van der Waals surface area contributed by atoms with Crippen molar-refractivity contribution >= 4 is 11.9 Å². The quantitative estimate of drug-likeness (QED) is 0.189. The zero-order valence-electron chi connectivity index (χ0n) is 26.7. The summed E-state index contributed by atoms with van der Waals surface area (Å²) < 4.78 is 4.96. The number of methoxy groups -OCH3 is 1. The summed E-state index contributed by atoms with van der Waals surface area (Å²) in [6.07, 6.45) is 13.6. The molecule has 4 aliphatic carbocycles. The molecule has 2 N–H and O–H groups in total. The number of aliphatic hydroxyl groups is 1. The molecule has 0 spiro atoms. The van der Waals surface area contributed by atoms with Crippen LogP contribution in [0.1, 0.15) is 110 Å². The molecule has 5 heteroatoms. The van der Waals surface area contributed by atoms with Crippen LogP contribution in [0.25, 0.3) is 0 Å². The van der Waals surface area contributed by atoms with Gasteiger partial charge in [0, 0.05) is 5.57 Å². The maximum atomic E-state index is 13.0. The number of rotatable bonds is 8. The third-order valence-corrected chi connectivity index (χ3v) is 12.5. The van der Waals surface area contributed by atoms with Gasteiger partial charge in [-0.25, -0.2) is 4.79 Å². The number of fused-ring (bicyclic) bond motifs is 4. The molecular formula is C37H53NO4. The largest absolute Gasteiger partial charge is 0.467 e. The first kappa shape index (κ1) is 31.0. The van der Waals surface area contributed by atoms with Crippen molar-refractivity contribution in [2.75, 3.05) is 7.11 Å². The lowest BCUT2D eigenvalue weighted by atomic mass is 9.47. The Balaban J connectivity index is 1.22. The summed E-state index contributed by atoms with van der Waals surface area (Å²) in [6, 6.07) is 8.43. The minimum Gasteiger partial charge on any atom is -0.467 e. The summed E-state index contributed by atoms with van der Waals surface area (Å²) in [5, 5.41) is 13.5. The Morgan fingerprint density at radius 1 is 1.10 bits per heavy atom. The van der Waals surface area contributed by atoms with E-state index >= 15 is 0 Å². The van der Waals surface area contributed by atoms with Gasteiger partial charge in [0.15, 0.2) is 6.04 Å². The zero-order valence-corrected chi connectivity index (χ0v) is 26.7. The Morgan fingerprint density at radius 3 is 2.55 bits per heavy atom. The molecule has 230 valence electrons. The maximum Gasteiger partial charge on any atom is 0.333 e. The number of carbonyl (C=O) groups excluding carboxylic acids is 2. The third-order valence-electron chi connectivity index (χ3n) is 12.5. The fourth-order valence-corrected chi connectivity index (χ4v) is 10.0. The molecule has 0 bridgehead atoms. The summed E-state index contributed by atoms with van der Waals surface area (Å²) in [5.41, 5.74) is 5.62. The normalized spacial score (nSPS) is 35.9. The minimum atomic E-state index is -0.815. The van der Waals surface area contributed by atoms with Crippen LogP contribution in [0.3, 0.4) is 0 Å². The van der Waals surface area contributed by atoms with Gasteiger partial charge in [0.2, 0.25) is 5.91 Å². The fraction of sp³-hybridized carbons (Fsp3) is 0.676. The number of amides is 1. The van der Waals surface area contributed by atoms with Gasteiger partial charge in [0.1, 0.15) is 0 Å². The second-order valence-corrected chi connectivity index (χ2v) is 14.6. The van der Waals surface area contributed by atoms with Crippen molar-refractivity contribution in [3.8, 4) is 0 Å². The van der Waals surface area contributed by atoms with Crippen molar-refractivity contribution in [2.45, 2.75) is 111 Å². The van der Waals surface area contributed by atoms with E-state index in [0.29, 0.717) is 51.6 Å². The summed E-state index contributed by atoms with van der Waals surface area (Å²) >= 11 is 0. The minimum absolute atomic E-state index is 0.121. The number of carbonyl (C=O) groups is 2. The Kier molecular flexibility index (Phi) is 9.09. The van der Waals surface area contributed by atoms with Crippen molar-refractivity contribution in [1.29, 1.82) is 0 Å². The highest BCUT2D eigenvalue weighted by Gasteiger charge is 2.57. The van der Waals surface area contributed by atoms with Crippen molar-refractivity contribution in [2.24, 2.45) is 40.4 Å². The molecule has 42 heavy (non-hydrogen) atoms. The van der Waals surface area contributed by atoms with Gasteiger partial charge in [0.25, 0.3) is 0 Å². The molecule has 4 aliphatic rings. The maximum absolute atomic E-state index is 13.0. The molecular weight excluding hydrogens is 522 g/mol. The number of nitrogens with one attached hydrogen (secondary N) is 1. The van der Waals surface area contributed by atoms with E-state index in [1.54, 1.807) is 5.57 Å². The number of ether oxygens (including phenoxy) is 1. The number of benzene rings is 1. The molecule has 0 aliphatic heterocycles. The third kappa shape index (κ3) is 5.51. The average Bonchev–Trinajstić information content (AvgIpc) is 3.35. The van der Waals surface area contributed by atoms with E-state index < -0.39 is 12.0 Å². The number of aliphatic hydroxyl groups excluding tert-OH is 1. The lowest BCUT2D eigenvalue weighted by Gasteiger charge is -2.58. The van der Waals surface area contributed by atoms with Crippen LogP contribution < -0.4 is 5.32 Å². The summed E-state index contributed by atoms with van der Waals surface area (Å²) in [4.78, 5) is 25.4. The standard InChI is InChI=1S/C37H53NO4/c1-23(11-10-12-24(2)34(40)38-33(35(41)42-6)26-13-8-7-9-14-26)28-17-18-30-27-15-16-29-25(3)32(39)20-22-37(29,5)31(27)19-21-36(28,30)4/h7-9,12-14,23,25,28-29,31-33,39H,10-11,15-22H2,1-6H3,(H,38,40)/b24-12+/t23-,25+,28-,29?,31+,32+,33+,36-,37+/m1/s1. The van der Waals surface area contributed by atoms with Crippen LogP contribution >= 0.6 is 0 Å². The SMILES string of the molecule is COC(=O)[C@@H](NC(=O)/C(C)=C/CC[C@@H](C)[C@H]1CCC2=C3CCC4[C@H](C)[C@@H](O)CC[C@]4(C)[C@H]3CC[C@@]21C)c1ccccc1. The monoisotopic (exact) mass is 575 g/mol. The van der Waals surface area contributed by atoms with Crippen molar-refractivity contribution < 1.29 is 19.4 Å². The Morgan fingerprint density at radius 2 is 1.83 bits per heavy atom. The molecule has 3 saturated carbocycles. The molecule has 0 heterocycles. The van der Waals surface area contributed by atoms with Crippen LogP contribution in [0.5, 0.6) is 0 Å². The first-order valence-electron chi connectivity index (χ1n) is 16.5. The average molecular weight is 576 g/mol. The predicted molar refractivity (Wildman–Crippen MR) is 167 cm³/mol. The topological polar surface area (TPSA) is 75.6 Å². The molecule has 1 unspecified atom stereocenters. The fourth-order valence-electron chi connectivity index (χ4n) is 10.0. The summed E-state index contributed by atoms with van der Waals surface area (Å²) in [6.45, 7) is 11.7. The van der Waals surface area contributed by atoms with E-state index in [0.717, 1.165) is 19.3 Å². The molecule has 1 amide bonds. The first-order valence-corrected chi connectivity index (χ1v) is 16.5. The summed E-state index contributed by atoms with van der Waals surface area (Å²) in [5.74, 6) is 2.35. The van der Waals surface area contributed by atoms with Crippen LogP contribution in [0.15, 0.2) is 53.1 Å². The van der Waals surface area contributed by atoms with E-state index in [1.807, 2.05) is 48.9 Å². The second kappa shape index (κ2) is 12.3. The predicted octanol–water partition coefficient (Wildman–Crippen LogP) is 7.71. The molecule has 0 aromatic heterocycles. The smallest absolute Gasteiger partial charge is 0.333 e. The molecule has 1 aromatic rings. The van der Waals surface area contributed by atoms with Gasteiger partial charge in [-0.1, -0.05) is 75.2 Å². The van der Waals surface area contributed by atoms with Gasteiger partial charge < -0.3 is 15.2 Å². The van der Waals surface area contributed by atoms with Gasteiger partial charge >= 0.3 is 5.97 Å². The first-order chi connectivity index (χ1) is 20.0. The highest BCUT2D eigenvalue weighted by atomic mass is 16.5. The van der Waals surface area contributed by atoms with E-state index in [1.165, 1.54) is 52.1 Å². The number of hydrogen-bond donors (Lipinski definition) is 2. The highest BCUT2D eigenvalue weighted by molar-refractivity contribution is 5.95. The van der Waals surface area contributed by atoms with E-state index in [2.05, 4.69) is 33.0 Å². The number of esters is 1. The van der Waals surface area contributed by atoms with E-state index in [-0.39, 0.29) is 12.0 Å². The molecule has 5 rings (SSSR count). The van der Waals surface area contributed by atoms with Gasteiger partial charge in [-0.15, -0.1) is 0 Å². The van der Waals surface area contributed by atoms with Gasteiger partial charge in [-0.3, -0.25) is 4.79 Å². The molecule has 0 saturated heterocycles. The Labute approximate surface area is 253 Å². The van der Waals surface area contributed by atoms with Gasteiger partial charge in [-0.2, -0.15) is 0 Å². The van der Waals surface area contributed by atoms with Crippen LogP contribution in [0.4, 0.5) is 0 Å².